The molecule has 0 atom stereocenters. The first-order valence-corrected chi connectivity index (χ1v) is 8.52. The molecule has 1 N–H and O–H groups in total. The Kier molecular flexibility index (Phi) is 4.16. The van der Waals surface area contributed by atoms with Gasteiger partial charge in [0.25, 0.3) is 0 Å². The van der Waals surface area contributed by atoms with Gasteiger partial charge in [-0.25, -0.2) is 4.98 Å². The zero-order chi connectivity index (χ0) is 15.7. The smallest absolute Gasteiger partial charge is 0.229 e. The van der Waals surface area contributed by atoms with Crippen molar-refractivity contribution < 1.29 is 4.79 Å². The summed E-state index contributed by atoms with van der Waals surface area (Å²) in [6.07, 6.45) is 5.07. The van der Waals surface area contributed by atoms with E-state index in [1.807, 2.05) is 11.5 Å². The van der Waals surface area contributed by atoms with E-state index in [2.05, 4.69) is 41.4 Å². The molecule has 3 rings (SSSR count). The molecule has 0 aliphatic heterocycles. The molecule has 2 aromatic heterocycles. The standard InChI is InChI=1S/C17H21N3OS/c1-4-8-20-11(2)9-14(12(20)3)15-10-22-17(18-15)19-16(21)13-6-5-7-13/h4,9-10,13H,1,5-8H2,2-3H3,(H,18,19,21). The molecule has 0 aromatic carbocycles. The molecule has 1 saturated carbocycles. The molecule has 1 aliphatic rings. The maximum absolute atomic E-state index is 12.0. The Labute approximate surface area is 134 Å². The molecule has 1 fully saturated rings. The Morgan fingerprint density at radius 3 is 2.95 bits per heavy atom. The Bertz CT molecular complexity index is 710. The van der Waals surface area contributed by atoms with Crippen LogP contribution >= 0.6 is 11.3 Å². The van der Waals surface area contributed by atoms with Crippen LogP contribution in [0.2, 0.25) is 0 Å². The molecule has 116 valence electrons. The highest BCUT2D eigenvalue weighted by atomic mass is 32.1. The Balaban J connectivity index is 1.80. The van der Waals surface area contributed by atoms with E-state index in [-0.39, 0.29) is 11.8 Å². The van der Waals surface area contributed by atoms with Crippen molar-refractivity contribution in [2.45, 2.75) is 39.7 Å². The molecule has 0 bridgehead atoms. The van der Waals surface area contributed by atoms with Crippen LogP contribution < -0.4 is 5.32 Å². The van der Waals surface area contributed by atoms with Crippen molar-refractivity contribution in [3.8, 4) is 11.3 Å². The Hall–Kier alpha value is -1.88. The number of nitrogens with one attached hydrogen (secondary N) is 1. The number of hydrogen-bond donors (Lipinski definition) is 1. The van der Waals surface area contributed by atoms with Gasteiger partial charge in [-0.05, 0) is 32.8 Å². The second-order valence-electron chi connectivity index (χ2n) is 5.84. The van der Waals surface area contributed by atoms with E-state index >= 15 is 0 Å². The maximum atomic E-state index is 12.0. The van der Waals surface area contributed by atoms with Crippen LogP contribution in [0.5, 0.6) is 0 Å². The van der Waals surface area contributed by atoms with Crippen LogP contribution in [0.1, 0.15) is 30.7 Å². The third kappa shape index (κ3) is 2.73. The van der Waals surface area contributed by atoms with E-state index in [0.29, 0.717) is 5.13 Å². The monoisotopic (exact) mass is 315 g/mol. The zero-order valence-electron chi connectivity index (χ0n) is 13.1. The van der Waals surface area contributed by atoms with Gasteiger partial charge in [-0.1, -0.05) is 12.5 Å². The summed E-state index contributed by atoms with van der Waals surface area (Å²) in [6, 6.07) is 2.14. The van der Waals surface area contributed by atoms with Crippen LogP contribution in [0, 0.1) is 19.8 Å². The van der Waals surface area contributed by atoms with E-state index < -0.39 is 0 Å². The van der Waals surface area contributed by atoms with Gasteiger partial charge in [0.1, 0.15) is 0 Å². The number of anilines is 1. The average molecular weight is 315 g/mol. The Morgan fingerprint density at radius 1 is 1.55 bits per heavy atom. The molecule has 22 heavy (non-hydrogen) atoms. The lowest BCUT2D eigenvalue weighted by Gasteiger charge is -2.23. The van der Waals surface area contributed by atoms with E-state index in [1.165, 1.54) is 22.7 Å². The topological polar surface area (TPSA) is 46.9 Å². The lowest BCUT2D eigenvalue weighted by atomic mass is 9.85. The molecule has 1 amide bonds. The molecule has 4 nitrogen and oxygen atoms in total. The highest BCUT2D eigenvalue weighted by Crippen LogP contribution is 2.31. The van der Waals surface area contributed by atoms with Crippen molar-refractivity contribution >= 4 is 22.4 Å². The van der Waals surface area contributed by atoms with Crippen LogP contribution in [0.15, 0.2) is 24.1 Å². The van der Waals surface area contributed by atoms with Gasteiger partial charge in [0.15, 0.2) is 5.13 Å². The van der Waals surface area contributed by atoms with Gasteiger partial charge in [0.2, 0.25) is 5.91 Å². The van der Waals surface area contributed by atoms with Gasteiger partial charge in [-0.15, -0.1) is 17.9 Å². The fourth-order valence-corrected chi connectivity index (χ4v) is 3.52. The first-order chi connectivity index (χ1) is 10.6. The number of allylic oxidation sites excluding steroid dienone is 1. The van der Waals surface area contributed by atoms with Gasteiger partial charge in [0, 0.05) is 34.8 Å². The summed E-state index contributed by atoms with van der Waals surface area (Å²) < 4.78 is 2.22. The summed E-state index contributed by atoms with van der Waals surface area (Å²) in [5.41, 5.74) is 4.43. The van der Waals surface area contributed by atoms with Crippen molar-refractivity contribution in [3.63, 3.8) is 0 Å². The number of aromatic nitrogens is 2. The molecular formula is C17H21N3OS. The van der Waals surface area contributed by atoms with E-state index in [4.69, 9.17) is 0 Å². The van der Waals surface area contributed by atoms with Crippen molar-refractivity contribution in [3.05, 3.63) is 35.5 Å². The number of aryl methyl sites for hydroxylation is 1. The lowest BCUT2D eigenvalue weighted by molar-refractivity contribution is -0.122. The molecule has 2 heterocycles. The second kappa shape index (κ2) is 6.08. The third-order valence-corrected chi connectivity index (χ3v) is 5.13. The van der Waals surface area contributed by atoms with Gasteiger partial charge < -0.3 is 9.88 Å². The quantitative estimate of drug-likeness (QED) is 0.842. The van der Waals surface area contributed by atoms with Crippen molar-refractivity contribution in [1.82, 2.24) is 9.55 Å². The molecular weight excluding hydrogens is 294 g/mol. The average Bonchev–Trinajstić information content (AvgIpc) is 2.96. The summed E-state index contributed by atoms with van der Waals surface area (Å²) >= 11 is 1.49. The summed E-state index contributed by atoms with van der Waals surface area (Å²) in [7, 11) is 0. The highest BCUT2D eigenvalue weighted by Gasteiger charge is 2.26. The number of amides is 1. The van der Waals surface area contributed by atoms with E-state index in [1.54, 1.807) is 0 Å². The highest BCUT2D eigenvalue weighted by molar-refractivity contribution is 7.14. The van der Waals surface area contributed by atoms with Gasteiger partial charge in [0.05, 0.1) is 5.69 Å². The van der Waals surface area contributed by atoms with Gasteiger partial charge in [-0.3, -0.25) is 4.79 Å². The molecule has 2 aromatic rings. The lowest BCUT2D eigenvalue weighted by Crippen LogP contribution is -2.27. The maximum Gasteiger partial charge on any atom is 0.229 e. The van der Waals surface area contributed by atoms with Gasteiger partial charge in [-0.2, -0.15) is 0 Å². The number of carbonyl (C=O) groups excluding carboxylic acids is 1. The van der Waals surface area contributed by atoms with Crippen LogP contribution in [0.3, 0.4) is 0 Å². The largest absolute Gasteiger partial charge is 0.345 e. The predicted octanol–water partition coefficient (Wildman–Crippen LogP) is 4.15. The summed E-state index contributed by atoms with van der Waals surface area (Å²) in [5, 5.41) is 5.65. The minimum absolute atomic E-state index is 0.115. The van der Waals surface area contributed by atoms with Crippen LogP contribution in [0.4, 0.5) is 5.13 Å². The molecule has 1 aliphatic carbocycles. The number of nitrogens with zero attached hydrogens (tertiary/aromatic N) is 2. The molecule has 0 spiro atoms. The zero-order valence-corrected chi connectivity index (χ0v) is 13.9. The number of rotatable bonds is 5. The van der Waals surface area contributed by atoms with Crippen LogP contribution in [-0.4, -0.2) is 15.5 Å². The molecule has 0 unspecified atom stereocenters. The third-order valence-electron chi connectivity index (χ3n) is 4.37. The predicted molar refractivity (Wildman–Crippen MR) is 91.2 cm³/mol. The fourth-order valence-electron chi connectivity index (χ4n) is 2.80. The molecule has 5 heteroatoms. The normalized spacial score (nSPS) is 14.6. The van der Waals surface area contributed by atoms with Crippen LogP contribution in [0.25, 0.3) is 11.3 Å². The second-order valence-corrected chi connectivity index (χ2v) is 6.70. The summed E-state index contributed by atoms with van der Waals surface area (Å²) in [6.45, 7) is 8.79. The van der Waals surface area contributed by atoms with Crippen molar-refractivity contribution in [2.75, 3.05) is 5.32 Å². The minimum atomic E-state index is 0.115. The molecule has 0 radical (unpaired) electrons. The van der Waals surface area contributed by atoms with Crippen molar-refractivity contribution in [2.24, 2.45) is 5.92 Å². The fraction of sp³-hybridized carbons (Fsp3) is 0.412. The number of thiazole rings is 1. The Morgan fingerprint density at radius 2 is 2.32 bits per heavy atom. The van der Waals surface area contributed by atoms with E-state index in [0.717, 1.165) is 37.1 Å². The SMILES string of the molecule is C=CCn1c(C)cc(-c2csc(NC(=O)C3CCC3)n2)c1C. The van der Waals surface area contributed by atoms with E-state index in [9.17, 15) is 4.79 Å². The summed E-state index contributed by atoms with van der Waals surface area (Å²) in [5.74, 6) is 0.300. The number of carbonyl (C=O) groups is 1. The van der Waals surface area contributed by atoms with Crippen molar-refractivity contribution in [1.29, 1.82) is 0 Å². The number of hydrogen-bond acceptors (Lipinski definition) is 3. The minimum Gasteiger partial charge on any atom is -0.345 e. The first-order valence-electron chi connectivity index (χ1n) is 7.64. The first kappa shape index (κ1) is 15.0. The van der Waals surface area contributed by atoms with Crippen LogP contribution in [-0.2, 0) is 11.3 Å². The van der Waals surface area contributed by atoms with Gasteiger partial charge >= 0.3 is 0 Å². The molecule has 0 saturated heterocycles. The summed E-state index contributed by atoms with van der Waals surface area (Å²) in [4.78, 5) is 16.6.